The maximum Gasteiger partial charge on any atom is 0.261 e. The summed E-state index contributed by atoms with van der Waals surface area (Å²) >= 11 is 1.87. The second kappa shape index (κ2) is 6.99. The van der Waals surface area contributed by atoms with Gasteiger partial charge in [-0.05, 0) is 25.0 Å². The van der Waals surface area contributed by atoms with Gasteiger partial charge in [-0.3, -0.25) is 4.79 Å². The van der Waals surface area contributed by atoms with Crippen molar-refractivity contribution in [1.82, 2.24) is 0 Å². The highest BCUT2D eigenvalue weighted by Gasteiger charge is 2.42. The number of ether oxygens (including phenoxy) is 2. The van der Waals surface area contributed by atoms with Crippen LogP contribution in [0.4, 0.5) is 8.78 Å². The van der Waals surface area contributed by atoms with E-state index in [1.807, 2.05) is 11.8 Å². The standard InChI is InChI=1S/C13H20F2O3S/c14-12(15)8-17-4-2-11(16)10-1-5-18-13(7-10)3-6-19-9-13/h10,12H,1-9H2. The molecule has 2 aliphatic rings. The first-order chi connectivity index (χ1) is 9.11. The molecule has 0 aromatic heterocycles. The van der Waals surface area contributed by atoms with Gasteiger partial charge in [0.1, 0.15) is 12.4 Å². The predicted molar refractivity (Wildman–Crippen MR) is 69.8 cm³/mol. The molecule has 0 aromatic carbocycles. The summed E-state index contributed by atoms with van der Waals surface area (Å²) in [7, 11) is 0. The van der Waals surface area contributed by atoms with Crippen molar-refractivity contribution in [3.63, 3.8) is 0 Å². The number of halogens is 2. The van der Waals surface area contributed by atoms with Gasteiger partial charge < -0.3 is 9.47 Å². The van der Waals surface area contributed by atoms with Gasteiger partial charge in [0.25, 0.3) is 6.43 Å². The fraction of sp³-hybridized carbons (Fsp3) is 0.923. The second-order valence-corrected chi connectivity index (χ2v) is 6.31. The minimum absolute atomic E-state index is 0.0163. The molecule has 0 bridgehead atoms. The number of alkyl halides is 2. The Hall–Kier alpha value is -0.200. The van der Waals surface area contributed by atoms with E-state index in [0.717, 1.165) is 30.8 Å². The van der Waals surface area contributed by atoms with E-state index in [0.29, 0.717) is 6.61 Å². The molecule has 0 aliphatic carbocycles. The van der Waals surface area contributed by atoms with Crippen molar-refractivity contribution in [2.45, 2.75) is 37.7 Å². The molecule has 0 radical (unpaired) electrons. The minimum Gasteiger partial charge on any atom is -0.375 e. The summed E-state index contributed by atoms with van der Waals surface area (Å²) in [5, 5.41) is 0. The predicted octanol–water partition coefficient (Wildman–Crippen LogP) is 2.53. The number of ketones is 1. The number of thioether (sulfide) groups is 1. The van der Waals surface area contributed by atoms with Gasteiger partial charge in [-0.25, -0.2) is 8.78 Å². The Balaban J connectivity index is 1.73. The van der Waals surface area contributed by atoms with E-state index in [-0.39, 0.29) is 30.3 Å². The Morgan fingerprint density at radius 1 is 1.53 bits per heavy atom. The Morgan fingerprint density at radius 3 is 3.05 bits per heavy atom. The minimum atomic E-state index is -2.46. The van der Waals surface area contributed by atoms with Gasteiger partial charge in [0.15, 0.2) is 0 Å². The van der Waals surface area contributed by atoms with E-state index in [9.17, 15) is 13.6 Å². The number of Topliss-reactive ketones (excluding diaryl/α,β-unsaturated/α-hetero) is 1. The summed E-state index contributed by atoms with van der Waals surface area (Å²) in [6.45, 7) is 0.152. The molecule has 2 saturated heterocycles. The third-order valence-electron chi connectivity index (χ3n) is 3.75. The van der Waals surface area contributed by atoms with E-state index in [4.69, 9.17) is 9.47 Å². The fourth-order valence-electron chi connectivity index (χ4n) is 2.72. The molecule has 19 heavy (non-hydrogen) atoms. The van der Waals surface area contributed by atoms with Crippen molar-refractivity contribution < 1.29 is 23.0 Å². The monoisotopic (exact) mass is 294 g/mol. The third-order valence-corrected chi connectivity index (χ3v) is 4.98. The topological polar surface area (TPSA) is 35.5 Å². The molecule has 3 nitrogen and oxygen atoms in total. The lowest BCUT2D eigenvalue weighted by molar-refractivity contribution is -0.135. The SMILES string of the molecule is O=C(CCOCC(F)F)C1CCOC2(CCSC2)C1. The first-order valence-electron chi connectivity index (χ1n) is 6.72. The van der Waals surface area contributed by atoms with Crippen molar-refractivity contribution in [2.24, 2.45) is 5.92 Å². The van der Waals surface area contributed by atoms with E-state index in [1.54, 1.807) is 0 Å². The number of hydrogen-bond donors (Lipinski definition) is 0. The quantitative estimate of drug-likeness (QED) is 0.705. The van der Waals surface area contributed by atoms with Crippen molar-refractivity contribution in [1.29, 1.82) is 0 Å². The maximum absolute atomic E-state index is 12.1. The van der Waals surface area contributed by atoms with Crippen LogP contribution in [0, 0.1) is 5.92 Å². The van der Waals surface area contributed by atoms with Gasteiger partial charge in [-0.15, -0.1) is 0 Å². The summed E-state index contributed by atoms with van der Waals surface area (Å²) in [4.78, 5) is 12.1. The van der Waals surface area contributed by atoms with E-state index in [2.05, 4.69) is 0 Å². The van der Waals surface area contributed by atoms with E-state index < -0.39 is 13.0 Å². The van der Waals surface area contributed by atoms with Gasteiger partial charge in [0.2, 0.25) is 0 Å². The highest BCUT2D eigenvalue weighted by Crippen LogP contribution is 2.40. The van der Waals surface area contributed by atoms with Crippen LogP contribution in [0.3, 0.4) is 0 Å². The number of hydrogen-bond acceptors (Lipinski definition) is 4. The van der Waals surface area contributed by atoms with Crippen molar-refractivity contribution in [3.8, 4) is 0 Å². The first-order valence-corrected chi connectivity index (χ1v) is 7.87. The summed E-state index contributed by atoms with van der Waals surface area (Å²) in [5.41, 5.74) is -0.104. The number of carbonyl (C=O) groups is 1. The van der Waals surface area contributed by atoms with Crippen molar-refractivity contribution in [2.75, 3.05) is 31.3 Å². The van der Waals surface area contributed by atoms with Crippen LogP contribution in [-0.2, 0) is 14.3 Å². The first kappa shape index (κ1) is 15.2. The molecule has 6 heteroatoms. The van der Waals surface area contributed by atoms with Crippen LogP contribution in [0.25, 0.3) is 0 Å². The molecule has 2 fully saturated rings. The molecule has 2 atom stereocenters. The number of carbonyl (C=O) groups excluding carboxylic acids is 1. The van der Waals surface area contributed by atoms with Crippen LogP contribution >= 0.6 is 11.8 Å². The van der Waals surface area contributed by atoms with Crippen LogP contribution in [0.5, 0.6) is 0 Å². The second-order valence-electron chi connectivity index (χ2n) is 5.21. The van der Waals surface area contributed by atoms with Crippen molar-refractivity contribution in [3.05, 3.63) is 0 Å². The van der Waals surface area contributed by atoms with E-state index >= 15 is 0 Å². The average Bonchev–Trinajstić information content (AvgIpc) is 2.82. The van der Waals surface area contributed by atoms with Gasteiger partial charge in [0, 0.05) is 24.7 Å². The van der Waals surface area contributed by atoms with Crippen LogP contribution < -0.4 is 0 Å². The zero-order chi connectivity index (χ0) is 13.7. The summed E-state index contributed by atoms with van der Waals surface area (Å²) < 4.78 is 34.4. The van der Waals surface area contributed by atoms with Crippen molar-refractivity contribution >= 4 is 17.5 Å². The lowest BCUT2D eigenvalue weighted by Gasteiger charge is -2.37. The average molecular weight is 294 g/mol. The third kappa shape index (κ3) is 4.39. The Bertz CT molecular complexity index is 306. The van der Waals surface area contributed by atoms with Gasteiger partial charge >= 0.3 is 0 Å². The molecule has 110 valence electrons. The molecule has 2 unspecified atom stereocenters. The lowest BCUT2D eigenvalue weighted by atomic mass is 9.82. The Morgan fingerprint density at radius 2 is 2.37 bits per heavy atom. The van der Waals surface area contributed by atoms with Gasteiger partial charge in [-0.1, -0.05) is 0 Å². The largest absolute Gasteiger partial charge is 0.375 e. The lowest BCUT2D eigenvalue weighted by Crippen LogP contribution is -2.42. The molecule has 0 aromatic rings. The van der Waals surface area contributed by atoms with Crippen LogP contribution in [0.2, 0.25) is 0 Å². The molecule has 2 heterocycles. The molecule has 0 N–H and O–H groups in total. The van der Waals surface area contributed by atoms with Crippen LogP contribution in [0.15, 0.2) is 0 Å². The Kier molecular flexibility index (Phi) is 5.59. The molecular formula is C13H20F2O3S. The number of rotatable bonds is 6. The molecular weight excluding hydrogens is 274 g/mol. The normalized spacial score (nSPS) is 31.2. The Labute approximate surface area is 116 Å². The molecule has 0 saturated carbocycles. The molecule has 0 amide bonds. The van der Waals surface area contributed by atoms with Crippen LogP contribution in [0.1, 0.15) is 25.7 Å². The highest BCUT2D eigenvalue weighted by atomic mass is 32.2. The zero-order valence-electron chi connectivity index (χ0n) is 10.9. The zero-order valence-corrected chi connectivity index (χ0v) is 11.7. The maximum atomic E-state index is 12.1. The summed E-state index contributed by atoms with van der Waals surface area (Å²) in [6, 6.07) is 0. The molecule has 2 aliphatic heterocycles. The van der Waals surface area contributed by atoms with Gasteiger partial charge in [0.05, 0.1) is 12.2 Å². The fourth-order valence-corrected chi connectivity index (χ4v) is 4.09. The van der Waals surface area contributed by atoms with Gasteiger partial charge in [-0.2, -0.15) is 11.8 Å². The summed E-state index contributed by atoms with van der Waals surface area (Å²) in [5.74, 6) is 2.22. The smallest absolute Gasteiger partial charge is 0.261 e. The summed E-state index contributed by atoms with van der Waals surface area (Å²) in [6.07, 6.45) is 0.328. The molecule has 2 rings (SSSR count). The van der Waals surface area contributed by atoms with Crippen LogP contribution in [-0.4, -0.2) is 49.1 Å². The molecule has 1 spiro atoms. The highest BCUT2D eigenvalue weighted by molar-refractivity contribution is 7.99. The van der Waals surface area contributed by atoms with E-state index in [1.165, 1.54) is 0 Å².